The Morgan fingerprint density at radius 1 is 0.836 bits per heavy atom. The van der Waals surface area contributed by atoms with Crippen molar-refractivity contribution in [2.45, 2.75) is 89.7 Å². The number of anilines is 3. The predicted molar refractivity (Wildman–Crippen MR) is 285 cm³/mol. The largest absolute Gasteiger partial charge is 0.490 e. The zero-order chi connectivity index (χ0) is 50.2. The summed E-state index contributed by atoms with van der Waals surface area (Å²) in [6.07, 6.45) is 9.56. The summed E-state index contributed by atoms with van der Waals surface area (Å²) in [7, 11) is 1.92. The molecule has 3 aromatic heterocycles. The molecule has 0 spiro atoms. The number of fused-ring (bicyclic) bond motifs is 3. The number of unbranched alkanes of at least 4 members (excludes halogenated alkanes) is 1. The molecule has 3 N–H and O–H groups in total. The molecule has 7 aromatic rings. The molecule has 2 saturated heterocycles. The Hall–Kier alpha value is -7.17. The maximum Gasteiger partial charge on any atom is 0.355 e. The predicted octanol–water partition coefficient (Wildman–Crippen LogP) is 9.52. The van der Waals surface area contributed by atoms with Gasteiger partial charge in [0.25, 0.3) is 5.91 Å². The van der Waals surface area contributed by atoms with Crippen molar-refractivity contribution in [3.05, 3.63) is 125 Å². The van der Waals surface area contributed by atoms with Crippen molar-refractivity contribution in [2.24, 2.45) is 13.0 Å². The van der Waals surface area contributed by atoms with Gasteiger partial charge >= 0.3 is 5.97 Å². The van der Waals surface area contributed by atoms with Crippen LogP contribution in [0.5, 0.6) is 5.75 Å². The van der Waals surface area contributed by atoms with Crippen molar-refractivity contribution < 1.29 is 29.0 Å². The Kier molecular flexibility index (Phi) is 13.7. The molecule has 6 heterocycles. The first-order chi connectivity index (χ1) is 35.5. The van der Waals surface area contributed by atoms with Crippen molar-refractivity contribution in [2.75, 3.05) is 54.4 Å². The van der Waals surface area contributed by atoms with Crippen LogP contribution in [-0.4, -0.2) is 98.8 Å². The minimum atomic E-state index is -1.10. The second kappa shape index (κ2) is 20.7. The summed E-state index contributed by atoms with van der Waals surface area (Å²) in [6, 6.07) is 29.6. The number of pyridine rings is 1. The van der Waals surface area contributed by atoms with E-state index in [0.29, 0.717) is 60.3 Å². The summed E-state index contributed by atoms with van der Waals surface area (Å²) in [5.41, 5.74) is 8.53. The van der Waals surface area contributed by atoms with Crippen molar-refractivity contribution in [1.82, 2.24) is 30.0 Å². The highest BCUT2D eigenvalue weighted by atomic mass is 32.1. The molecule has 16 heteroatoms. The third kappa shape index (κ3) is 10.1. The molecule has 0 bridgehead atoms. The lowest BCUT2D eigenvalue weighted by Crippen LogP contribution is -2.46. The SMILES string of the molecule is Cc1c(OC2CCC(CCCCN3CCN(c4ccc5c(C6CCC(=O)NC6=O)nn(C)c5c4)CC3)CC2)cccc1-c1ccc(N2CCc3cccc(C(=O)Nc4nc5ccccc5s4)c3C2)nc1C(=O)O. The number of benzene rings is 4. The number of thiazole rings is 1. The van der Waals surface area contributed by atoms with E-state index < -0.39 is 11.9 Å². The first-order valence-corrected chi connectivity index (χ1v) is 26.7. The van der Waals surface area contributed by atoms with E-state index in [2.05, 4.69) is 54.6 Å². The van der Waals surface area contributed by atoms with Crippen LogP contribution in [0.3, 0.4) is 0 Å². The Bertz CT molecular complexity index is 3210. The van der Waals surface area contributed by atoms with E-state index in [0.717, 1.165) is 113 Å². The summed E-state index contributed by atoms with van der Waals surface area (Å²) in [5.74, 6) is -0.172. The lowest BCUT2D eigenvalue weighted by atomic mass is 9.84. The summed E-state index contributed by atoms with van der Waals surface area (Å²) < 4.78 is 9.55. The van der Waals surface area contributed by atoms with Gasteiger partial charge in [-0.2, -0.15) is 5.10 Å². The third-order valence-corrected chi connectivity index (χ3v) is 16.6. The fourth-order valence-corrected chi connectivity index (χ4v) is 12.4. The molecule has 1 atom stereocenters. The second-order valence-corrected chi connectivity index (χ2v) is 21.2. The number of amides is 3. The fourth-order valence-electron chi connectivity index (χ4n) is 11.5. The number of carboxylic acid groups (broad SMARTS) is 1. The number of aromatic carboxylic acids is 1. The van der Waals surface area contributed by atoms with Gasteiger partial charge in [-0.1, -0.05) is 60.6 Å². The number of carboxylic acids is 1. The molecule has 4 aromatic carbocycles. The van der Waals surface area contributed by atoms with Crippen LogP contribution in [0.2, 0.25) is 0 Å². The van der Waals surface area contributed by atoms with Gasteiger partial charge in [0, 0.05) is 74.9 Å². The van der Waals surface area contributed by atoms with Gasteiger partial charge in [0.15, 0.2) is 10.8 Å². The maximum atomic E-state index is 13.7. The van der Waals surface area contributed by atoms with Crippen LogP contribution >= 0.6 is 11.3 Å². The lowest BCUT2D eigenvalue weighted by Gasteiger charge is -2.36. The van der Waals surface area contributed by atoms with Crippen LogP contribution in [0.1, 0.15) is 107 Å². The van der Waals surface area contributed by atoms with Gasteiger partial charge in [0.05, 0.1) is 33.4 Å². The summed E-state index contributed by atoms with van der Waals surface area (Å²) in [4.78, 5) is 67.3. The molecule has 376 valence electrons. The molecular formula is C57H61N9O6S. The molecule has 4 aliphatic rings. The number of carbonyl (C=O) groups excluding carboxylic acids is 3. The van der Waals surface area contributed by atoms with E-state index in [1.54, 1.807) is 0 Å². The van der Waals surface area contributed by atoms with Gasteiger partial charge < -0.3 is 19.6 Å². The number of carbonyl (C=O) groups is 4. The van der Waals surface area contributed by atoms with E-state index in [1.165, 1.54) is 36.3 Å². The number of aryl methyl sites for hydroxylation is 1. The number of nitrogens with zero attached hydrogens (tertiary/aromatic N) is 7. The summed E-state index contributed by atoms with van der Waals surface area (Å²) in [5, 5.41) is 22.3. The van der Waals surface area contributed by atoms with Crippen LogP contribution in [-0.2, 0) is 29.6 Å². The zero-order valence-corrected chi connectivity index (χ0v) is 42.3. The number of ether oxygens (including phenoxy) is 1. The minimum Gasteiger partial charge on any atom is -0.490 e. The highest BCUT2D eigenvalue weighted by molar-refractivity contribution is 7.22. The van der Waals surface area contributed by atoms with Crippen LogP contribution in [0.4, 0.5) is 16.6 Å². The maximum absolute atomic E-state index is 13.7. The number of imide groups is 1. The number of nitrogens with one attached hydrogen (secondary N) is 2. The zero-order valence-electron chi connectivity index (χ0n) is 41.4. The van der Waals surface area contributed by atoms with E-state index in [-0.39, 0.29) is 29.5 Å². The van der Waals surface area contributed by atoms with Crippen LogP contribution in [0.25, 0.3) is 32.2 Å². The monoisotopic (exact) mass is 999 g/mol. The highest BCUT2D eigenvalue weighted by Crippen LogP contribution is 2.38. The van der Waals surface area contributed by atoms with Gasteiger partial charge in [-0.3, -0.25) is 34.6 Å². The minimum absolute atomic E-state index is 0.0169. The average molecular weight is 1000 g/mol. The number of piperidine rings is 1. The second-order valence-electron chi connectivity index (χ2n) is 20.2. The lowest BCUT2D eigenvalue weighted by molar-refractivity contribution is -0.134. The smallest absolute Gasteiger partial charge is 0.355 e. The van der Waals surface area contributed by atoms with Gasteiger partial charge in [-0.05, 0) is 141 Å². The normalized spacial score (nSPS) is 19.5. The average Bonchev–Trinajstić information content (AvgIpc) is 3.97. The van der Waals surface area contributed by atoms with Crippen molar-refractivity contribution in [3.63, 3.8) is 0 Å². The van der Waals surface area contributed by atoms with Gasteiger partial charge in [0.1, 0.15) is 11.6 Å². The Morgan fingerprint density at radius 3 is 2.47 bits per heavy atom. The van der Waals surface area contributed by atoms with Crippen LogP contribution < -0.4 is 25.2 Å². The van der Waals surface area contributed by atoms with E-state index in [9.17, 15) is 24.3 Å². The highest BCUT2D eigenvalue weighted by Gasteiger charge is 2.33. The van der Waals surface area contributed by atoms with Crippen molar-refractivity contribution in [1.29, 1.82) is 0 Å². The summed E-state index contributed by atoms with van der Waals surface area (Å²) in [6.45, 7) is 8.15. The molecule has 3 amide bonds. The number of para-hydroxylation sites is 1. The van der Waals surface area contributed by atoms with Gasteiger partial charge in [-0.15, -0.1) is 0 Å². The first-order valence-electron chi connectivity index (χ1n) is 25.8. The Morgan fingerprint density at radius 2 is 1.66 bits per heavy atom. The molecule has 1 saturated carbocycles. The molecular weight excluding hydrogens is 939 g/mol. The Balaban J connectivity index is 0.649. The molecule has 3 fully saturated rings. The molecule has 73 heavy (non-hydrogen) atoms. The number of hydrogen-bond acceptors (Lipinski definition) is 12. The van der Waals surface area contributed by atoms with Crippen LogP contribution in [0.15, 0.2) is 91.0 Å². The van der Waals surface area contributed by atoms with Crippen molar-refractivity contribution >= 4 is 72.8 Å². The standard InChI is InChI=1S/C57H61N9O6S/c1-35-40(41-22-24-50(59-53(41)56(70)71)66-28-26-37-10-7-12-42(45(37)34-66)54(68)61-57-58-46-13-3-4-15-49(46)73-57)11-8-14-48(35)72-39-19-16-36(17-20-39)9-5-6-27-64-29-31-65(32-30-64)38-18-21-43-47(33-38)63(2)62-52(43)44-23-25-51(67)60-55(44)69/h3-4,7-8,10-15,18,21-22,24,33,36,39,44H,5-6,9,16-17,19-20,23,25-32,34H2,1-2H3,(H,70,71)(H,58,61,68)(H,60,67,69). The summed E-state index contributed by atoms with van der Waals surface area (Å²) >= 11 is 1.44. The Labute approximate surface area is 428 Å². The molecule has 11 rings (SSSR count). The van der Waals surface area contributed by atoms with Crippen molar-refractivity contribution in [3.8, 4) is 16.9 Å². The van der Waals surface area contributed by atoms with E-state index in [1.807, 2.05) is 85.4 Å². The van der Waals surface area contributed by atoms with Crippen LogP contribution in [0, 0.1) is 12.8 Å². The van der Waals surface area contributed by atoms with E-state index in [4.69, 9.17) is 14.8 Å². The fraction of sp³-hybridized carbons (Fsp3) is 0.386. The molecule has 0 radical (unpaired) electrons. The van der Waals surface area contributed by atoms with Gasteiger partial charge in [-0.25, -0.2) is 14.8 Å². The van der Waals surface area contributed by atoms with E-state index >= 15 is 0 Å². The molecule has 1 unspecified atom stereocenters. The molecule has 15 nitrogen and oxygen atoms in total. The number of hydrogen-bond donors (Lipinski definition) is 3. The first kappa shape index (κ1) is 48.1. The topological polar surface area (TPSA) is 175 Å². The molecule has 1 aliphatic carbocycles. The number of piperazine rings is 1. The van der Waals surface area contributed by atoms with Gasteiger partial charge in [0.2, 0.25) is 11.8 Å². The quantitative estimate of drug-likeness (QED) is 0.0697. The number of rotatable bonds is 14. The molecule has 3 aliphatic heterocycles. The third-order valence-electron chi connectivity index (χ3n) is 15.6. The number of aromatic nitrogens is 4.